The second-order valence-electron chi connectivity index (χ2n) is 8.76. The fraction of sp³-hybridized carbons (Fsp3) is 0.185. The van der Waals surface area contributed by atoms with Gasteiger partial charge in [0.15, 0.2) is 11.5 Å². The van der Waals surface area contributed by atoms with E-state index in [4.69, 9.17) is 9.40 Å². The molecule has 0 spiro atoms. The smallest absolute Gasteiger partial charge is 0.252 e. The standard InChI is InChI=1S/C27H23N5O2/c1-17-13-18(15-19-7-6-12-34-19)26-21(14-17)25(20-8-2-3-9-22(20)29-26)27(33)28-16-24-31-30-23-10-4-5-11-32(23)24/h2-12,15,17H,13-14,16H2,1H3,(H,28,33)/b18-15+. The number of nitrogens with zero attached hydrogens (tertiary/aromatic N) is 4. The van der Waals surface area contributed by atoms with Crippen molar-refractivity contribution in [3.8, 4) is 0 Å². The molecule has 7 heteroatoms. The zero-order chi connectivity index (χ0) is 23.1. The molecule has 1 amide bonds. The maximum Gasteiger partial charge on any atom is 0.252 e. The largest absolute Gasteiger partial charge is 0.465 e. The zero-order valence-electron chi connectivity index (χ0n) is 18.7. The predicted molar refractivity (Wildman–Crippen MR) is 130 cm³/mol. The van der Waals surface area contributed by atoms with E-state index in [1.807, 2.05) is 71.3 Å². The van der Waals surface area contributed by atoms with Crippen LogP contribution in [0.4, 0.5) is 0 Å². The fourth-order valence-corrected chi connectivity index (χ4v) is 4.80. The highest BCUT2D eigenvalue weighted by atomic mass is 16.3. The first-order chi connectivity index (χ1) is 16.7. The number of amides is 1. The molecule has 0 aliphatic heterocycles. The van der Waals surface area contributed by atoms with Gasteiger partial charge in [0.05, 0.1) is 29.6 Å². The van der Waals surface area contributed by atoms with E-state index < -0.39 is 0 Å². The molecule has 0 fully saturated rings. The summed E-state index contributed by atoms with van der Waals surface area (Å²) in [4.78, 5) is 18.6. The molecule has 4 aromatic heterocycles. The molecule has 4 heterocycles. The molecule has 34 heavy (non-hydrogen) atoms. The zero-order valence-corrected chi connectivity index (χ0v) is 18.7. The average Bonchev–Trinajstić information content (AvgIpc) is 3.51. The van der Waals surface area contributed by atoms with Gasteiger partial charge in [0, 0.05) is 11.6 Å². The van der Waals surface area contributed by atoms with Gasteiger partial charge >= 0.3 is 0 Å². The number of carbonyl (C=O) groups excluding carboxylic acids is 1. The lowest BCUT2D eigenvalue weighted by Crippen LogP contribution is -2.27. The Bertz CT molecular complexity index is 1550. The van der Waals surface area contributed by atoms with E-state index in [1.165, 1.54) is 0 Å². The molecule has 0 bridgehead atoms. The Hall–Kier alpha value is -4.26. The molecule has 1 aromatic carbocycles. The van der Waals surface area contributed by atoms with E-state index in [0.717, 1.165) is 52.0 Å². The Morgan fingerprint density at radius 3 is 2.88 bits per heavy atom. The van der Waals surface area contributed by atoms with E-state index >= 15 is 0 Å². The SMILES string of the molecule is CC1C/C(=C\c2ccco2)c2nc3ccccc3c(C(=O)NCc3nnc4ccccn34)c2C1. The van der Waals surface area contributed by atoms with Gasteiger partial charge in [-0.1, -0.05) is 31.2 Å². The first-order valence-corrected chi connectivity index (χ1v) is 11.4. The monoisotopic (exact) mass is 449 g/mol. The minimum Gasteiger partial charge on any atom is -0.465 e. The van der Waals surface area contributed by atoms with Crippen molar-refractivity contribution in [3.63, 3.8) is 0 Å². The lowest BCUT2D eigenvalue weighted by molar-refractivity contribution is 0.0950. The van der Waals surface area contributed by atoms with Crippen molar-refractivity contribution in [2.75, 3.05) is 0 Å². The van der Waals surface area contributed by atoms with Crippen molar-refractivity contribution < 1.29 is 9.21 Å². The maximum absolute atomic E-state index is 13.7. The van der Waals surface area contributed by atoms with Gasteiger partial charge in [0.2, 0.25) is 0 Å². The van der Waals surface area contributed by atoms with Gasteiger partial charge in [-0.15, -0.1) is 10.2 Å². The van der Waals surface area contributed by atoms with Crippen LogP contribution in [0.1, 0.15) is 46.5 Å². The highest BCUT2D eigenvalue weighted by molar-refractivity contribution is 6.09. The summed E-state index contributed by atoms with van der Waals surface area (Å²) in [5.74, 6) is 1.72. The van der Waals surface area contributed by atoms with Crippen molar-refractivity contribution in [2.45, 2.75) is 26.3 Å². The van der Waals surface area contributed by atoms with Crippen LogP contribution in [0.5, 0.6) is 0 Å². The van der Waals surface area contributed by atoms with Gasteiger partial charge in [-0.3, -0.25) is 9.20 Å². The molecule has 0 saturated heterocycles. The lowest BCUT2D eigenvalue weighted by Gasteiger charge is -2.26. The summed E-state index contributed by atoms with van der Waals surface area (Å²) in [6.45, 7) is 2.48. The number of allylic oxidation sites excluding steroid dienone is 1. The van der Waals surface area contributed by atoms with Crippen LogP contribution >= 0.6 is 0 Å². The molecule has 1 aliphatic carbocycles. The van der Waals surface area contributed by atoms with Gasteiger partial charge < -0.3 is 9.73 Å². The normalized spacial score (nSPS) is 16.7. The minimum absolute atomic E-state index is 0.131. The Morgan fingerprint density at radius 2 is 2.00 bits per heavy atom. The van der Waals surface area contributed by atoms with E-state index in [1.54, 1.807) is 6.26 Å². The van der Waals surface area contributed by atoms with E-state index in [0.29, 0.717) is 17.3 Å². The predicted octanol–water partition coefficient (Wildman–Crippen LogP) is 4.92. The van der Waals surface area contributed by atoms with Crippen LogP contribution in [-0.4, -0.2) is 25.5 Å². The molecule has 0 radical (unpaired) electrons. The highest BCUT2D eigenvalue weighted by Gasteiger charge is 2.28. The second-order valence-corrected chi connectivity index (χ2v) is 8.76. The molecule has 7 nitrogen and oxygen atoms in total. The summed E-state index contributed by atoms with van der Waals surface area (Å²) in [5, 5.41) is 12.4. The third-order valence-corrected chi connectivity index (χ3v) is 6.30. The summed E-state index contributed by atoms with van der Waals surface area (Å²) < 4.78 is 7.45. The molecule has 1 aliphatic rings. The molecular formula is C27H23N5O2. The number of hydrogen-bond acceptors (Lipinski definition) is 5. The van der Waals surface area contributed by atoms with Crippen molar-refractivity contribution in [1.82, 2.24) is 24.9 Å². The minimum atomic E-state index is -0.131. The van der Waals surface area contributed by atoms with Crippen LogP contribution in [0.15, 0.2) is 71.5 Å². The number of hydrogen-bond donors (Lipinski definition) is 1. The van der Waals surface area contributed by atoms with Crippen LogP contribution in [0.3, 0.4) is 0 Å². The van der Waals surface area contributed by atoms with Crippen LogP contribution in [0.25, 0.3) is 28.2 Å². The molecule has 168 valence electrons. The first-order valence-electron chi connectivity index (χ1n) is 11.4. The number of furan rings is 1. The van der Waals surface area contributed by atoms with E-state index in [9.17, 15) is 4.79 Å². The molecule has 5 aromatic rings. The van der Waals surface area contributed by atoms with Gasteiger partial charge in [-0.05, 0) is 66.3 Å². The van der Waals surface area contributed by atoms with Crippen LogP contribution < -0.4 is 5.32 Å². The number of carbonyl (C=O) groups is 1. The van der Waals surface area contributed by atoms with Gasteiger partial charge in [-0.2, -0.15) is 0 Å². The average molecular weight is 450 g/mol. The number of aromatic nitrogens is 4. The fourth-order valence-electron chi connectivity index (χ4n) is 4.80. The summed E-state index contributed by atoms with van der Waals surface area (Å²) in [6, 6.07) is 17.4. The van der Waals surface area contributed by atoms with Gasteiger partial charge in [-0.25, -0.2) is 4.98 Å². The molecule has 0 saturated carbocycles. The third kappa shape index (κ3) is 3.55. The Labute approximate surface area is 196 Å². The topological polar surface area (TPSA) is 85.3 Å². The van der Waals surface area contributed by atoms with Crippen molar-refractivity contribution in [3.05, 3.63) is 95.5 Å². The number of rotatable bonds is 4. The first kappa shape index (κ1) is 20.4. The van der Waals surface area contributed by atoms with Crippen molar-refractivity contribution in [1.29, 1.82) is 0 Å². The van der Waals surface area contributed by atoms with Gasteiger partial charge in [0.1, 0.15) is 5.76 Å². The van der Waals surface area contributed by atoms with Gasteiger partial charge in [0.25, 0.3) is 5.91 Å². The van der Waals surface area contributed by atoms with E-state index in [2.05, 4.69) is 22.4 Å². The maximum atomic E-state index is 13.7. The number of pyridine rings is 2. The molecule has 1 N–H and O–H groups in total. The number of para-hydroxylation sites is 1. The van der Waals surface area contributed by atoms with Crippen LogP contribution in [0.2, 0.25) is 0 Å². The summed E-state index contributed by atoms with van der Waals surface area (Å²) >= 11 is 0. The Morgan fingerprint density at radius 1 is 1.12 bits per heavy atom. The highest BCUT2D eigenvalue weighted by Crippen LogP contribution is 2.38. The number of nitrogens with one attached hydrogen (secondary N) is 1. The van der Waals surface area contributed by atoms with Crippen molar-refractivity contribution >= 4 is 34.1 Å². The molecular weight excluding hydrogens is 426 g/mol. The molecule has 6 rings (SSSR count). The molecule has 1 unspecified atom stereocenters. The van der Waals surface area contributed by atoms with Crippen molar-refractivity contribution in [2.24, 2.45) is 5.92 Å². The second kappa shape index (κ2) is 8.26. The quantitative estimate of drug-likeness (QED) is 0.421. The number of fused-ring (bicyclic) bond motifs is 3. The summed E-state index contributed by atoms with van der Waals surface area (Å²) in [5.41, 5.74) is 5.20. The Kier molecular flexibility index (Phi) is 4.95. The summed E-state index contributed by atoms with van der Waals surface area (Å²) in [7, 11) is 0. The molecule has 1 atom stereocenters. The van der Waals surface area contributed by atoms with E-state index in [-0.39, 0.29) is 12.5 Å². The van der Waals surface area contributed by atoms with Crippen LogP contribution in [-0.2, 0) is 13.0 Å². The van der Waals surface area contributed by atoms with Crippen LogP contribution in [0, 0.1) is 5.92 Å². The summed E-state index contributed by atoms with van der Waals surface area (Å²) in [6.07, 6.45) is 7.28. The third-order valence-electron chi connectivity index (χ3n) is 6.30. The number of benzene rings is 1. The Balaban J connectivity index is 1.43. The lowest BCUT2D eigenvalue weighted by atomic mass is 9.80.